The van der Waals surface area contributed by atoms with Crippen molar-refractivity contribution in [1.29, 1.82) is 0 Å². The van der Waals surface area contributed by atoms with Gasteiger partial charge in [-0.25, -0.2) is 0 Å². The van der Waals surface area contributed by atoms with E-state index in [-0.39, 0.29) is 0 Å². The van der Waals surface area contributed by atoms with Gasteiger partial charge in [0.1, 0.15) is 0 Å². The number of aliphatic hydroxyl groups is 1. The summed E-state index contributed by atoms with van der Waals surface area (Å²) in [5, 5.41) is 9.56. The van der Waals surface area contributed by atoms with Crippen LogP contribution in [0.15, 0.2) is 0 Å². The van der Waals surface area contributed by atoms with E-state index >= 15 is 0 Å². The van der Waals surface area contributed by atoms with Crippen molar-refractivity contribution >= 4 is 0 Å². The molecular formula is C13H26N2O. The van der Waals surface area contributed by atoms with Crippen LogP contribution < -0.4 is 0 Å². The Morgan fingerprint density at radius 1 is 1.19 bits per heavy atom. The molecule has 0 aromatic rings. The van der Waals surface area contributed by atoms with Gasteiger partial charge in [-0.05, 0) is 57.3 Å². The van der Waals surface area contributed by atoms with Gasteiger partial charge in [0.15, 0.2) is 0 Å². The maximum atomic E-state index is 9.56. The Morgan fingerprint density at radius 3 is 2.50 bits per heavy atom. The van der Waals surface area contributed by atoms with Gasteiger partial charge in [0.25, 0.3) is 0 Å². The van der Waals surface area contributed by atoms with Gasteiger partial charge < -0.3 is 14.9 Å². The molecule has 2 heterocycles. The second-order valence-electron chi connectivity index (χ2n) is 5.39. The Balaban J connectivity index is 1.80. The minimum absolute atomic E-state index is 0.374. The lowest BCUT2D eigenvalue weighted by Gasteiger charge is -2.26. The van der Waals surface area contributed by atoms with Crippen molar-refractivity contribution in [2.75, 3.05) is 45.9 Å². The van der Waals surface area contributed by atoms with Crippen molar-refractivity contribution in [2.45, 2.75) is 26.2 Å². The number of hydrogen-bond donors (Lipinski definition) is 1. The monoisotopic (exact) mass is 226 g/mol. The predicted octanol–water partition coefficient (Wildman–Crippen LogP) is 1.03. The van der Waals surface area contributed by atoms with Crippen LogP contribution in [0.25, 0.3) is 0 Å². The van der Waals surface area contributed by atoms with E-state index in [1.165, 1.54) is 52.0 Å². The molecule has 0 saturated carbocycles. The zero-order valence-corrected chi connectivity index (χ0v) is 10.6. The number of rotatable bonds is 5. The maximum Gasteiger partial charge on any atom is 0.0474 e. The van der Waals surface area contributed by atoms with E-state index < -0.39 is 0 Å². The molecule has 0 aromatic carbocycles. The van der Waals surface area contributed by atoms with Crippen LogP contribution in [0.3, 0.4) is 0 Å². The van der Waals surface area contributed by atoms with Crippen LogP contribution in [0.1, 0.15) is 26.2 Å². The summed E-state index contributed by atoms with van der Waals surface area (Å²) in [5.41, 5.74) is 0. The fourth-order valence-electron chi connectivity index (χ4n) is 3.19. The van der Waals surface area contributed by atoms with E-state index in [1.807, 2.05) is 0 Å². The second kappa shape index (κ2) is 5.99. The summed E-state index contributed by atoms with van der Waals surface area (Å²) in [5.74, 6) is 1.24. The van der Waals surface area contributed by atoms with Gasteiger partial charge in [0.05, 0.1) is 0 Å². The zero-order chi connectivity index (χ0) is 11.4. The number of nitrogens with zero attached hydrogens (tertiary/aromatic N) is 2. The Hall–Kier alpha value is -0.120. The molecule has 0 bridgehead atoms. The number of aliphatic hydroxyl groups excluding tert-OH is 1. The molecule has 2 atom stereocenters. The highest BCUT2D eigenvalue weighted by atomic mass is 16.3. The zero-order valence-electron chi connectivity index (χ0n) is 10.6. The maximum absolute atomic E-state index is 9.56. The molecule has 0 amide bonds. The molecule has 0 aromatic heterocycles. The van der Waals surface area contributed by atoms with Crippen molar-refractivity contribution in [3.8, 4) is 0 Å². The van der Waals surface area contributed by atoms with Crippen molar-refractivity contribution in [3.05, 3.63) is 0 Å². The molecule has 2 aliphatic heterocycles. The molecule has 2 fully saturated rings. The molecule has 3 nitrogen and oxygen atoms in total. The Bertz CT molecular complexity index is 204. The Labute approximate surface area is 99.4 Å². The Kier molecular flexibility index (Phi) is 4.62. The average Bonchev–Trinajstić information content (AvgIpc) is 2.96. The number of hydrogen-bond acceptors (Lipinski definition) is 3. The first-order valence-corrected chi connectivity index (χ1v) is 6.89. The average molecular weight is 226 g/mol. The fourth-order valence-corrected chi connectivity index (χ4v) is 3.19. The van der Waals surface area contributed by atoms with Gasteiger partial charge in [0, 0.05) is 19.7 Å². The first kappa shape index (κ1) is 12.3. The minimum Gasteiger partial charge on any atom is -0.396 e. The van der Waals surface area contributed by atoms with Gasteiger partial charge in [-0.1, -0.05) is 6.92 Å². The first-order chi connectivity index (χ1) is 7.83. The van der Waals surface area contributed by atoms with Crippen molar-refractivity contribution < 1.29 is 5.11 Å². The van der Waals surface area contributed by atoms with Gasteiger partial charge in [0.2, 0.25) is 0 Å². The molecule has 2 saturated heterocycles. The van der Waals surface area contributed by atoms with Crippen molar-refractivity contribution in [3.63, 3.8) is 0 Å². The second-order valence-corrected chi connectivity index (χ2v) is 5.39. The van der Waals surface area contributed by atoms with Crippen molar-refractivity contribution in [2.24, 2.45) is 11.8 Å². The van der Waals surface area contributed by atoms with Crippen LogP contribution >= 0.6 is 0 Å². The molecule has 2 unspecified atom stereocenters. The van der Waals surface area contributed by atoms with Crippen LogP contribution in [0.2, 0.25) is 0 Å². The van der Waals surface area contributed by atoms with E-state index in [4.69, 9.17) is 0 Å². The van der Waals surface area contributed by atoms with E-state index in [0.29, 0.717) is 12.5 Å². The third-order valence-electron chi connectivity index (χ3n) is 4.35. The van der Waals surface area contributed by atoms with Crippen LogP contribution in [0.5, 0.6) is 0 Å². The third kappa shape index (κ3) is 2.96. The van der Waals surface area contributed by atoms with Gasteiger partial charge in [-0.2, -0.15) is 0 Å². The molecule has 3 heteroatoms. The van der Waals surface area contributed by atoms with E-state index in [2.05, 4.69) is 16.7 Å². The fraction of sp³-hybridized carbons (Fsp3) is 1.00. The van der Waals surface area contributed by atoms with Crippen LogP contribution in [-0.4, -0.2) is 60.8 Å². The molecule has 94 valence electrons. The highest BCUT2D eigenvalue weighted by molar-refractivity contribution is 4.83. The molecule has 16 heavy (non-hydrogen) atoms. The minimum atomic E-state index is 0.374. The summed E-state index contributed by atoms with van der Waals surface area (Å²) in [6.07, 6.45) is 3.99. The highest BCUT2D eigenvalue weighted by Crippen LogP contribution is 2.25. The standard InChI is InChI=1S/C13H26N2O/c1-2-14-8-5-12(9-14)13(11-16)10-15-6-3-4-7-15/h12-13,16H,2-11H2,1H3. The van der Waals surface area contributed by atoms with Gasteiger partial charge in [-0.3, -0.25) is 0 Å². The highest BCUT2D eigenvalue weighted by Gasteiger charge is 2.30. The summed E-state index contributed by atoms with van der Waals surface area (Å²) < 4.78 is 0. The molecule has 0 radical (unpaired) electrons. The third-order valence-corrected chi connectivity index (χ3v) is 4.35. The van der Waals surface area contributed by atoms with E-state index in [9.17, 15) is 5.11 Å². The first-order valence-electron chi connectivity index (χ1n) is 6.89. The molecule has 2 rings (SSSR count). The summed E-state index contributed by atoms with van der Waals surface area (Å²) in [4.78, 5) is 5.05. The lowest BCUT2D eigenvalue weighted by molar-refractivity contribution is 0.134. The van der Waals surface area contributed by atoms with Crippen molar-refractivity contribution in [1.82, 2.24) is 9.80 Å². The van der Waals surface area contributed by atoms with Crippen LogP contribution in [0.4, 0.5) is 0 Å². The lowest BCUT2D eigenvalue weighted by Crippen LogP contribution is -2.34. The number of likely N-dealkylation sites (tertiary alicyclic amines) is 2. The largest absolute Gasteiger partial charge is 0.396 e. The smallest absolute Gasteiger partial charge is 0.0474 e. The quantitative estimate of drug-likeness (QED) is 0.758. The summed E-state index contributed by atoms with van der Waals surface area (Å²) in [6, 6.07) is 0. The summed E-state index contributed by atoms with van der Waals surface area (Å²) in [6.45, 7) is 9.83. The van der Waals surface area contributed by atoms with Crippen LogP contribution in [0, 0.1) is 11.8 Å². The molecule has 2 aliphatic rings. The normalized spacial score (nSPS) is 30.0. The molecule has 0 spiro atoms. The molecule has 1 N–H and O–H groups in total. The molecular weight excluding hydrogens is 200 g/mol. The predicted molar refractivity (Wildman–Crippen MR) is 66.5 cm³/mol. The van der Waals surface area contributed by atoms with Gasteiger partial charge >= 0.3 is 0 Å². The van der Waals surface area contributed by atoms with E-state index in [0.717, 1.165) is 12.5 Å². The van der Waals surface area contributed by atoms with E-state index in [1.54, 1.807) is 0 Å². The van der Waals surface area contributed by atoms with Crippen LogP contribution in [-0.2, 0) is 0 Å². The topological polar surface area (TPSA) is 26.7 Å². The Morgan fingerprint density at radius 2 is 1.94 bits per heavy atom. The van der Waals surface area contributed by atoms with Gasteiger partial charge in [-0.15, -0.1) is 0 Å². The lowest BCUT2D eigenvalue weighted by atomic mass is 9.92. The SMILES string of the molecule is CCN1CCC(C(CO)CN2CCCC2)C1. The molecule has 0 aliphatic carbocycles. The summed E-state index contributed by atoms with van der Waals surface area (Å²) >= 11 is 0. The summed E-state index contributed by atoms with van der Waals surface area (Å²) in [7, 11) is 0.